The SMILES string of the molecule is O=C(O)CC(=O)OCC1OC(Oc2ccc(O)c3c(=O)c(-c4ccc(O)cc4)coc23)C(O)C(O)C1O. The normalized spacial score (nSPS) is 23.5. The number of phenolic OH excluding ortho intramolecular Hbond substituents is 2. The summed E-state index contributed by atoms with van der Waals surface area (Å²) in [5.74, 6) is -3.16. The summed E-state index contributed by atoms with van der Waals surface area (Å²) in [5.41, 5.74) is -0.356. The number of aliphatic hydroxyl groups excluding tert-OH is 3. The Morgan fingerprint density at radius 1 is 0.946 bits per heavy atom. The van der Waals surface area contributed by atoms with Crippen LogP contribution in [0.4, 0.5) is 0 Å². The van der Waals surface area contributed by atoms with E-state index >= 15 is 0 Å². The van der Waals surface area contributed by atoms with E-state index in [1.54, 1.807) is 0 Å². The van der Waals surface area contributed by atoms with Crippen molar-refractivity contribution >= 4 is 22.9 Å². The molecule has 2 heterocycles. The lowest BCUT2D eigenvalue weighted by Crippen LogP contribution is -2.60. The second kappa shape index (κ2) is 10.4. The summed E-state index contributed by atoms with van der Waals surface area (Å²) in [6.45, 7) is -0.654. The van der Waals surface area contributed by atoms with E-state index in [9.17, 15) is 39.9 Å². The molecule has 0 aliphatic carbocycles. The zero-order valence-electron chi connectivity index (χ0n) is 18.9. The summed E-state index contributed by atoms with van der Waals surface area (Å²) in [7, 11) is 0. The summed E-state index contributed by atoms with van der Waals surface area (Å²) in [6.07, 6.45) is -8.20. The van der Waals surface area contributed by atoms with Gasteiger partial charge in [0, 0.05) is 0 Å². The number of carbonyl (C=O) groups is 2. The summed E-state index contributed by atoms with van der Waals surface area (Å²) in [6, 6.07) is 8.06. The highest BCUT2D eigenvalue weighted by Gasteiger charge is 2.45. The molecule has 1 fully saturated rings. The summed E-state index contributed by atoms with van der Waals surface area (Å²) in [5, 5.41) is 59.0. The third-order valence-corrected chi connectivity index (χ3v) is 5.66. The fourth-order valence-corrected chi connectivity index (χ4v) is 3.75. The van der Waals surface area contributed by atoms with Gasteiger partial charge in [-0.15, -0.1) is 0 Å². The van der Waals surface area contributed by atoms with Crippen molar-refractivity contribution in [2.75, 3.05) is 6.61 Å². The number of carboxylic acid groups (broad SMARTS) is 1. The number of aliphatic carboxylic acids is 1. The topological polar surface area (TPSA) is 213 Å². The molecular weight excluding hydrogens is 496 g/mol. The van der Waals surface area contributed by atoms with Crippen LogP contribution in [-0.2, 0) is 19.1 Å². The van der Waals surface area contributed by atoms with Crippen LogP contribution < -0.4 is 10.2 Å². The number of aromatic hydroxyl groups is 2. The molecule has 0 radical (unpaired) electrons. The molecule has 13 nitrogen and oxygen atoms in total. The van der Waals surface area contributed by atoms with E-state index in [-0.39, 0.29) is 28.0 Å². The molecular formula is C24H22O13. The van der Waals surface area contributed by atoms with Crippen LogP contribution in [0.2, 0.25) is 0 Å². The van der Waals surface area contributed by atoms with Gasteiger partial charge >= 0.3 is 11.9 Å². The van der Waals surface area contributed by atoms with E-state index in [4.69, 9.17) is 23.7 Å². The van der Waals surface area contributed by atoms with Gasteiger partial charge in [0.2, 0.25) is 11.7 Å². The molecule has 0 amide bonds. The maximum absolute atomic E-state index is 13.1. The van der Waals surface area contributed by atoms with Gasteiger partial charge in [-0.05, 0) is 29.8 Å². The molecule has 0 saturated carbocycles. The maximum Gasteiger partial charge on any atom is 0.317 e. The summed E-state index contributed by atoms with van der Waals surface area (Å²) in [4.78, 5) is 35.3. The smallest absolute Gasteiger partial charge is 0.317 e. The largest absolute Gasteiger partial charge is 0.508 e. The van der Waals surface area contributed by atoms with Crippen LogP contribution in [0.1, 0.15) is 6.42 Å². The number of esters is 1. The van der Waals surface area contributed by atoms with Crippen LogP contribution in [-0.4, -0.2) is 79.9 Å². The second-order valence-corrected chi connectivity index (χ2v) is 8.20. The van der Waals surface area contributed by atoms with Crippen molar-refractivity contribution in [2.24, 2.45) is 0 Å². The summed E-state index contributed by atoms with van der Waals surface area (Å²) >= 11 is 0. The fraction of sp³-hybridized carbons (Fsp3) is 0.292. The molecule has 2 aromatic carbocycles. The van der Waals surface area contributed by atoms with Gasteiger partial charge in [0.15, 0.2) is 11.3 Å². The minimum atomic E-state index is -1.81. The Hall–Kier alpha value is -4.17. The number of carboxylic acids is 1. The average Bonchev–Trinajstić information content (AvgIpc) is 2.85. The average molecular weight is 518 g/mol. The first-order valence-electron chi connectivity index (χ1n) is 10.9. The van der Waals surface area contributed by atoms with Crippen molar-refractivity contribution in [2.45, 2.75) is 37.1 Å². The molecule has 3 aromatic rings. The molecule has 6 N–H and O–H groups in total. The van der Waals surface area contributed by atoms with Gasteiger partial charge in [-0.2, -0.15) is 0 Å². The van der Waals surface area contributed by atoms with E-state index in [1.165, 1.54) is 30.3 Å². The standard InChI is InChI=1S/C24H22O13/c25-11-3-1-10(2-4-11)12-8-35-23-14(6-5-13(26)18(23)19(12)30)36-24-22(33)21(32)20(31)15(37-24)9-34-17(29)7-16(27)28/h1-6,8,15,20-22,24-26,31-33H,7,9H2,(H,27,28). The van der Waals surface area contributed by atoms with Gasteiger partial charge in [-0.1, -0.05) is 12.1 Å². The quantitative estimate of drug-likeness (QED) is 0.181. The molecule has 5 atom stereocenters. The van der Waals surface area contributed by atoms with Crippen molar-refractivity contribution in [3.05, 3.63) is 52.9 Å². The predicted molar refractivity (Wildman–Crippen MR) is 122 cm³/mol. The first kappa shape index (κ1) is 25.9. The number of ether oxygens (including phenoxy) is 3. The molecule has 1 saturated heterocycles. The van der Waals surface area contributed by atoms with E-state index in [2.05, 4.69) is 0 Å². The van der Waals surface area contributed by atoms with E-state index in [0.717, 1.165) is 12.3 Å². The van der Waals surface area contributed by atoms with E-state index in [1.807, 2.05) is 0 Å². The monoisotopic (exact) mass is 518 g/mol. The molecule has 1 aliphatic heterocycles. The summed E-state index contributed by atoms with van der Waals surface area (Å²) < 4.78 is 21.4. The Balaban J connectivity index is 1.61. The highest BCUT2D eigenvalue weighted by Crippen LogP contribution is 2.34. The van der Waals surface area contributed by atoms with Crippen LogP contribution in [0.15, 0.2) is 51.9 Å². The third-order valence-electron chi connectivity index (χ3n) is 5.66. The number of hydrogen-bond donors (Lipinski definition) is 6. The highest BCUT2D eigenvalue weighted by molar-refractivity contribution is 5.91. The lowest BCUT2D eigenvalue weighted by molar-refractivity contribution is -0.278. The first-order chi connectivity index (χ1) is 17.6. The fourth-order valence-electron chi connectivity index (χ4n) is 3.75. The van der Waals surface area contributed by atoms with E-state index < -0.39 is 66.9 Å². The molecule has 0 spiro atoms. The van der Waals surface area contributed by atoms with Crippen LogP contribution in [0.5, 0.6) is 17.2 Å². The lowest BCUT2D eigenvalue weighted by Gasteiger charge is -2.39. The van der Waals surface area contributed by atoms with Gasteiger partial charge in [0.25, 0.3) is 0 Å². The highest BCUT2D eigenvalue weighted by atomic mass is 16.7. The van der Waals surface area contributed by atoms with Gasteiger partial charge in [0.1, 0.15) is 60.6 Å². The Kier molecular flexibility index (Phi) is 7.31. The molecule has 0 bridgehead atoms. The van der Waals surface area contributed by atoms with Crippen LogP contribution in [0.3, 0.4) is 0 Å². The second-order valence-electron chi connectivity index (χ2n) is 8.20. The lowest BCUT2D eigenvalue weighted by atomic mass is 9.99. The van der Waals surface area contributed by atoms with Crippen molar-refractivity contribution < 1.29 is 58.9 Å². The molecule has 4 rings (SSSR count). The van der Waals surface area contributed by atoms with Crippen molar-refractivity contribution in [3.8, 4) is 28.4 Å². The van der Waals surface area contributed by atoms with Crippen molar-refractivity contribution in [3.63, 3.8) is 0 Å². The molecule has 13 heteroatoms. The molecule has 5 unspecified atom stereocenters. The Labute approximate surface area is 207 Å². The zero-order chi connectivity index (χ0) is 26.9. The number of benzene rings is 2. The van der Waals surface area contributed by atoms with Crippen LogP contribution in [0.25, 0.3) is 22.1 Å². The number of fused-ring (bicyclic) bond motifs is 1. The van der Waals surface area contributed by atoms with E-state index in [0.29, 0.717) is 5.56 Å². The third kappa shape index (κ3) is 5.34. The van der Waals surface area contributed by atoms with Crippen molar-refractivity contribution in [1.82, 2.24) is 0 Å². The van der Waals surface area contributed by atoms with Gasteiger partial charge in [-0.25, -0.2) is 0 Å². The predicted octanol–water partition coefficient (Wildman–Crippen LogP) is 0.0755. The molecule has 1 aromatic heterocycles. The molecule has 37 heavy (non-hydrogen) atoms. The number of hydrogen-bond acceptors (Lipinski definition) is 12. The first-order valence-corrected chi connectivity index (χ1v) is 10.9. The van der Waals surface area contributed by atoms with Gasteiger partial charge in [-0.3, -0.25) is 14.4 Å². The number of rotatable bonds is 7. The molecule has 1 aliphatic rings. The maximum atomic E-state index is 13.1. The Morgan fingerprint density at radius 2 is 1.65 bits per heavy atom. The minimum Gasteiger partial charge on any atom is -0.508 e. The number of aliphatic hydroxyl groups is 3. The van der Waals surface area contributed by atoms with Gasteiger partial charge in [0.05, 0.1) is 5.56 Å². The minimum absolute atomic E-state index is 0.0132. The van der Waals surface area contributed by atoms with Crippen LogP contribution in [0, 0.1) is 0 Å². The molecule has 196 valence electrons. The zero-order valence-corrected chi connectivity index (χ0v) is 18.9. The van der Waals surface area contributed by atoms with Crippen LogP contribution >= 0.6 is 0 Å². The van der Waals surface area contributed by atoms with Gasteiger partial charge < -0.3 is 49.3 Å². The Bertz CT molecular complexity index is 1360. The Morgan fingerprint density at radius 3 is 2.32 bits per heavy atom. The van der Waals surface area contributed by atoms with Crippen molar-refractivity contribution in [1.29, 1.82) is 0 Å². The number of carbonyl (C=O) groups excluding carboxylic acids is 1. The number of phenols is 2.